The fraction of sp³-hybridized carbons (Fsp3) is 0.105. The van der Waals surface area contributed by atoms with Gasteiger partial charge in [-0.15, -0.1) is 10.2 Å². The smallest absolute Gasteiger partial charge is 0.247 e. The summed E-state index contributed by atoms with van der Waals surface area (Å²) in [7, 11) is 0. The molecule has 24 heavy (non-hydrogen) atoms. The van der Waals surface area contributed by atoms with Crippen molar-refractivity contribution in [3.05, 3.63) is 72.8 Å². The topological polar surface area (TPSA) is 61.0 Å². The summed E-state index contributed by atoms with van der Waals surface area (Å²) in [5, 5.41) is 9.19. The standard InChI is InChI=1S/C19H15N3O2/c1-2-5-14(6-3-1)19-22-21-18(24-19)10-12-23-16-8-9-17-15(13-16)7-4-11-20-17/h1-9,11,13H,10,12H2. The molecule has 2 aromatic carbocycles. The van der Waals surface area contributed by atoms with Crippen LogP contribution < -0.4 is 4.74 Å². The Bertz CT molecular complexity index is 951. The summed E-state index contributed by atoms with van der Waals surface area (Å²) < 4.78 is 11.4. The van der Waals surface area contributed by atoms with Crippen molar-refractivity contribution in [1.29, 1.82) is 0 Å². The fourth-order valence-corrected chi connectivity index (χ4v) is 2.45. The summed E-state index contributed by atoms with van der Waals surface area (Å²) in [4.78, 5) is 4.29. The van der Waals surface area contributed by atoms with E-state index >= 15 is 0 Å². The lowest BCUT2D eigenvalue weighted by molar-refractivity contribution is 0.307. The molecule has 0 radical (unpaired) electrons. The minimum absolute atomic E-state index is 0.474. The number of benzene rings is 2. The van der Waals surface area contributed by atoms with Gasteiger partial charge in [-0.25, -0.2) is 0 Å². The Morgan fingerprint density at radius 3 is 2.75 bits per heavy atom. The van der Waals surface area contributed by atoms with Crippen molar-refractivity contribution in [1.82, 2.24) is 15.2 Å². The Morgan fingerprint density at radius 2 is 1.83 bits per heavy atom. The Hall–Kier alpha value is -3.21. The summed E-state index contributed by atoms with van der Waals surface area (Å²) in [5.74, 6) is 1.90. The maximum Gasteiger partial charge on any atom is 0.247 e. The van der Waals surface area contributed by atoms with Gasteiger partial charge in [0.1, 0.15) is 5.75 Å². The van der Waals surface area contributed by atoms with Crippen molar-refractivity contribution in [3.63, 3.8) is 0 Å². The van der Waals surface area contributed by atoms with E-state index in [-0.39, 0.29) is 0 Å². The molecule has 0 saturated heterocycles. The van der Waals surface area contributed by atoms with E-state index in [2.05, 4.69) is 15.2 Å². The summed E-state index contributed by atoms with van der Waals surface area (Å²) in [6.45, 7) is 0.474. The number of hydrogen-bond acceptors (Lipinski definition) is 5. The van der Waals surface area contributed by atoms with E-state index in [9.17, 15) is 0 Å². The van der Waals surface area contributed by atoms with Crippen molar-refractivity contribution < 1.29 is 9.15 Å². The van der Waals surface area contributed by atoms with Gasteiger partial charge >= 0.3 is 0 Å². The molecule has 0 fully saturated rings. The Kier molecular flexibility index (Phi) is 3.90. The molecule has 5 nitrogen and oxygen atoms in total. The third-order valence-corrected chi connectivity index (χ3v) is 3.65. The largest absolute Gasteiger partial charge is 0.493 e. The van der Waals surface area contributed by atoms with Crippen molar-refractivity contribution in [3.8, 4) is 17.2 Å². The third-order valence-electron chi connectivity index (χ3n) is 3.65. The van der Waals surface area contributed by atoms with Gasteiger partial charge in [-0.2, -0.15) is 0 Å². The van der Waals surface area contributed by atoms with E-state index in [0.717, 1.165) is 22.2 Å². The lowest BCUT2D eigenvalue weighted by Gasteiger charge is -2.05. The molecule has 0 amide bonds. The molecule has 0 N–H and O–H groups in total. The zero-order valence-corrected chi connectivity index (χ0v) is 12.9. The van der Waals surface area contributed by atoms with Crippen molar-refractivity contribution >= 4 is 10.9 Å². The van der Waals surface area contributed by atoms with E-state index < -0.39 is 0 Å². The number of rotatable bonds is 5. The number of ether oxygens (including phenoxy) is 1. The number of fused-ring (bicyclic) bond motifs is 1. The first kappa shape index (κ1) is 14.4. The van der Waals surface area contributed by atoms with Gasteiger partial charge in [0.05, 0.1) is 18.5 Å². The maximum absolute atomic E-state index is 5.78. The summed E-state index contributed by atoms with van der Waals surface area (Å²) >= 11 is 0. The molecule has 0 spiro atoms. The molecule has 5 heteroatoms. The van der Waals surface area contributed by atoms with Crippen molar-refractivity contribution in [2.75, 3.05) is 6.61 Å². The predicted octanol–water partition coefficient (Wildman–Crippen LogP) is 3.91. The normalized spacial score (nSPS) is 10.8. The molecule has 0 atom stereocenters. The van der Waals surface area contributed by atoms with Crippen LogP contribution in [0.15, 0.2) is 71.3 Å². The zero-order chi connectivity index (χ0) is 16.2. The minimum Gasteiger partial charge on any atom is -0.493 e. The van der Waals surface area contributed by atoms with Crippen LogP contribution >= 0.6 is 0 Å². The summed E-state index contributed by atoms with van der Waals surface area (Å²) in [6.07, 6.45) is 2.34. The van der Waals surface area contributed by atoms with Crippen LogP contribution in [0.2, 0.25) is 0 Å². The van der Waals surface area contributed by atoms with Crippen LogP contribution in [-0.2, 0) is 6.42 Å². The second kappa shape index (κ2) is 6.50. The van der Waals surface area contributed by atoms with Gasteiger partial charge in [0.25, 0.3) is 0 Å². The molecule has 0 aliphatic carbocycles. The molecule has 4 aromatic rings. The highest BCUT2D eigenvalue weighted by atomic mass is 16.5. The van der Waals surface area contributed by atoms with Crippen molar-refractivity contribution in [2.24, 2.45) is 0 Å². The second-order valence-electron chi connectivity index (χ2n) is 5.32. The Balaban J connectivity index is 1.39. The monoisotopic (exact) mass is 317 g/mol. The van der Waals surface area contributed by atoms with Gasteiger partial charge in [0.15, 0.2) is 0 Å². The fourth-order valence-electron chi connectivity index (χ4n) is 2.45. The van der Waals surface area contributed by atoms with Crippen LogP contribution in [0.5, 0.6) is 5.75 Å². The van der Waals surface area contributed by atoms with Gasteiger partial charge in [-0.05, 0) is 36.4 Å². The number of hydrogen-bond donors (Lipinski definition) is 0. The van der Waals surface area contributed by atoms with Crippen LogP contribution in [0.4, 0.5) is 0 Å². The zero-order valence-electron chi connectivity index (χ0n) is 12.9. The van der Waals surface area contributed by atoms with Gasteiger partial charge in [0.2, 0.25) is 11.8 Å². The number of nitrogens with zero attached hydrogens (tertiary/aromatic N) is 3. The molecule has 2 heterocycles. The molecular weight excluding hydrogens is 302 g/mol. The highest BCUT2D eigenvalue weighted by Crippen LogP contribution is 2.20. The molecule has 0 saturated carbocycles. The maximum atomic E-state index is 5.78. The molecule has 0 bridgehead atoms. The van der Waals surface area contributed by atoms with E-state index in [1.807, 2.05) is 60.7 Å². The van der Waals surface area contributed by atoms with Crippen LogP contribution in [0.3, 0.4) is 0 Å². The van der Waals surface area contributed by atoms with Crippen molar-refractivity contribution in [2.45, 2.75) is 6.42 Å². The Labute approximate surface area is 138 Å². The molecule has 4 rings (SSSR count). The second-order valence-corrected chi connectivity index (χ2v) is 5.32. The molecule has 0 aliphatic heterocycles. The molecule has 118 valence electrons. The lowest BCUT2D eigenvalue weighted by atomic mass is 10.2. The van der Waals surface area contributed by atoms with E-state index in [0.29, 0.717) is 24.8 Å². The first-order chi connectivity index (χ1) is 11.9. The first-order valence-corrected chi connectivity index (χ1v) is 7.74. The molecular formula is C19H15N3O2. The van der Waals surface area contributed by atoms with Gasteiger partial charge in [0, 0.05) is 17.1 Å². The average molecular weight is 317 g/mol. The first-order valence-electron chi connectivity index (χ1n) is 7.74. The lowest BCUT2D eigenvalue weighted by Crippen LogP contribution is -2.01. The van der Waals surface area contributed by atoms with Gasteiger partial charge in [-0.3, -0.25) is 4.98 Å². The highest BCUT2D eigenvalue weighted by molar-refractivity contribution is 5.79. The molecule has 0 unspecified atom stereocenters. The van der Waals surface area contributed by atoms with Crippen LogP contribution in [0.25, 0.3) is 22.4 Å². The van der Waals surface area contributed by atoms with Crippen LogP contribution in [-0.4, -0.2) is 21.8 Å². The Morgan fingerprint density at radius 1 is 0.917 bits per heavy atom. The SMILES string of the molecule is c1ccc(-c2nnc(CCOc3ccc4ncccc4c3)o2)cc1. The molecule has 2 aromatic heterocycles. The average Bonchev–Trinajstić information content (AvgIpc) is 3.11. The highest BCUT2D eigenvalue weighted by Gasteiger charge is 2.08. The van der Waals surface area contributed by atoms with Gasteiger partial charge in [-0.1, -0.05) is 24.3 Å². The number of aromatic nitrogens is 3. The summed E-state index contributed by atoms with van der Waals surface area (Å²) in [5.41, 5.74) is 1.87. The molecule has 0 aliphatic rings. The third kappa shape index (κ3) is 3.10. The van der Waals surface area contributed by atoms with E-state index in [4.69, 9.17) is 9.15 Å². The quantitative estimate of drug-likeness (QED) is 0.558. The number of pyridine rings is 1. The van der Waals surface area contributed by atoms with Gasteiger partial charge < -0.3 is 9.15 Å². The predicted molar refractivity (Wildman–Crippen MR) is 90.7 cm³/mol. The van der Waals surface area contributed by atoms with E-state index in [1.54, 1.807) is 6.20 Å². The van der Waals surface area contributed by atoms with Crippen LogP contribution in [0, 0.1) is 0 Å². The summed E-state index contributed by atoms with van der Waals surface area (Å²) in [6, 6.07) is 19.5. The van der Waals surface area contributed by atoms with Crippen LogP contribution in [0.1, 0.15) is 5.89 Å². The minimum atomic E-state index is 0.474. The van der Waals surface area contributed by atoms with E-state index in [1.165, 1.54) is 0 Å².